The average Bonchev–Trinajstić information content (AvgIpc) is 2.54. The molecule has 1 N–H and O–H groups in total. The lowest BCUT2D eigenvalue weighted by molar-refractivity contribution is -0.116. The molecule has 3 rings (SSSR count). The first-order valence-corrected chi connectivity index (χ1v) is 9.16. The minimum Gasteiger partial charge on any atom is -0.324 e. The summed E-state index contributed by atoms with van der Waals surface area (Å²) in [6, 6.07) is 9.81. The number of aromatic nitrogens is 1. The fraction of sp³-hybridized carbons (Fsp3) is 0.304. The van der Waals surface area contributed by atoms with E-state index in [0.717, 1.165) is 50.0 Å². The molecule has 1 heterocycles. The van der Waals surface area contributed by atoms with Gasteiger partial charge in [-0.25, -0.2) is 0 Å². The van der Waals surface area contributed by atoms with Crippen molar-refractivity contribution < 1.29 is 4.79 Å². The summed E-state index contributed by atoms with van der Waals surface area (Å²) in [5.41, 5.74) is 7.78. The van der Waals surface area contributed by atoms with E-state index in [1.54, 1.807) is 10.6 Å². The van der Waals surface area contributed by atoms with E-state index < -0.39 is 0 Å². The van der Waals surface area contributed by atoms with Crippen LogP contribution in [0.15, 0.2) is 35.1 Å². The van der Waals surface area contributed by atoms with Crippen LogP contribution in [0.5, 0.6) is 0 Å². The van der Waals surface area contributed by atoms with Crippen molar-refractivity contribution in [3.63, 3.8) is 0 Å². The van der Waals surface area contributed by atoms with Gasteiger partial charge in [0.1, 0.15) is 6.54 Å². The highest BCUT2D eigenvalue weighted by Crippen LogP contribution is 2.24. The van der Waals surface area contributed by atoms with Crippen LogP contribution in [0.2, 0.25) is 0 Å². The third-order valence-corrected chi connectivity index (χ3v) is 4.99. The summed E-state index contributed by atoms with van der Waals surface area (Å²) in [4.78, 5) is 25.4. The fourth-order valence-corrected chi connectivity index (χ4v) is 3.93. The van der Waals surface area contributed by atoms with Gasteiger partial charge >= 0.3 is 0 Å². The first-order valence-electron chi connectivity index (χ1n) is 9.16. The molecule has 0 aliphatic heterocycles. The molecule has 0 atom stereocenters. The summed E-state index contributed by atoms with van der Waals surface area (Å²) in [7, 11) is 0. The zero-order valence-corrected chi connectivity index (χ0v) is 16.9. The van der Waals surface area contributed by atoms with Crippen LogP contribution in [0.4, 0.5) is 5.69 Å². The maximum Gasteiger partial charge on any atom is 0.251 e. The molecule has 1 amide bonds. The Morgan fingerprint density at radius 2 is 1.37 bits per heavy atom. The van der Waals surface area contributed by atoms with Crippen molar-refractivity contribution in [3.05, 3.63) is 74.1 Å². The maximum atomic E-state index is 12.8. The molecule has 0 unspecified atom stereocenters. The molecule has 2 aromatic carbocycles. The molecule has 4 nitrogen and oxygen atoms in total. The van der Waals surface area contributed by atoms with Crippen molar-refractivity contribution in [1.82, 2.24) is 4.57 Å². The molecular weight excluding hydrogens is 336 g/mol. The van der Waals surface area contributed by atoms with E-state index in [1.165, 1.54) is 0 Å². The molecule has 27 heavy (non-hydrogen) atoms. The lowest BCUT2D eigenvalue weighted by Crippen LogP contribution is -2.28. The van der Waals surface area contributed by atoms with Crippen molar-refractivity contribution in [3.8, 4) is 0 Å². The Kier molecular flexibility index (Phi) is 4.92. The van der Waals surface area contributed by atoms with Gasteiger partial charge in [0.25, 0.3) is 5.56 Å². The summed E-state index contributed by atoms with van der Waals surface area (Å²) in [6.07, 6.45) is 0. The number of pyridine rings is 1. The normalized spacial score (nSPS) is 11.0. The van der Waals surface area contributed by atoms with Crippen molar-refractivity contribution in [2.45, 2.75) is 48.1 Å². The Morgan fingerprint density at radius 3 is 2.00 bits per heavy atom. The Bertz CT molecular complexity index is 1100. The van der Waals surface area contributed by atoms with Gasteiger partial charge in [0.2, 0.25) is 5.91 Å². The van der Waals surface area contributed by atoms with Gasteiger partial charge in [0.15, 0.2) is 0 Å². The van der Waals surface area contributed by atoms with E-state index in [4.69, 9.17) is 0 Å². The third-order valence-electron chi connectivity index (χ3n) is 4.99. The van der Waals surface area contributed by atoms with Crippen LogP contribution in [0, 0.1) is 41.5 Å². The number of fused-ring (bicyclic) bond motifs is 1. The Morgan fingerprint density at radius 1 is 0.815 bits per heavy atom. The van der Waals surface area contributed by atoms with Crippen LogP contribution in [0.25, 0.3) is 10.9 Å². The molecule has 0 saturated carbocycles. The lowest BCUT2D eigenvalue weighted by atomic mass is 10.0. The highest BCUT2D eigenvalue weighted by Gasteiger charge is 2.14. The number of aryl methyl sites for hydroxylation is 6. The van der Waals surface area contributed by atoms with Crippen LogP contribution in [-0.4, -0.2) is 10.5 Å². The van der Waals surface area contributed by atoms with Gasteiger partial charge in [-0.05, 0) is 69.9 Å². The lowest BCUT2D eigenvalue weighted by Gasteiger charge is -2.17. The Balaban J connectivity index is 2.02. The first-order chi connectivity index (χ1) is 12.7. The van der Waals surface area contributed by atoms with Crippen LogP contribution in [0.1, 0.15) is 33.4 Å². The number of carbonyl (C=O) groups is 1. The number of hydrogen-bond acceptors (Lipinski definition) is 2. The molecule has 0 aliphatic rings. The monoisotopic (exact) mass is 362 g/mol. The Labute approximate surface area is 159 Å². The number of hydrogen-bond donors (Lipinski definition) is 1. The second-order valence-corrected chi connectivity index (χ2v) is 7.55. The van der Waals surface area contributed by atoms with Gasteiger partial charge in [-0.2, -0.15) is 0 Å². The topological polar surface area (TPSA) is 51.1 Å². The van der Waals surface area contributed by atoms with Crippen LogP contribution in [0.3, 0.4) is 0 Å². The van der Waals surface area contributed by atoms with Gasteiger partial charge in [-0.3, -0.25) is 14.2 Å². The van der Waals surface area contributed by atoms with Gasteiger partial charge in [-0.1, -0.05) is 29.3 Å². The first kappa shape index (κ1) is 18.9. The van der Waals surface area contributed by atoms with Crippen molar-refractivity contribution in [2.75, 3.05) is 5.32 Å². The summed E-state index contributed by atoms with van der Waals surface area (Å²) >= 11 is 0. The number of nitrogens with zero attached hydrogens (tertiary/aromatic N) is 1. The van der Waals surface area contributed by atoms with Crippen LogP contribution >= 0.6 is 0 Å². The van der Waals surface area contributed by atoms with E-state index in [1.807, 2.05) is 59.7 Å². The van der Waals surface area contributed by atoms with E-state index in [0.29, 0.717) is 0 Å². The number of anilines is 1. The molecule has 0 aliphatic carbocycles. The molecule has 4 heteroatoms. The summed E-state index contributed by atoms with van der Waals surface area (Å²) < 4.78 is 1.57. The largest absolute Gasteiger partial charge is 0.324 e. The maximum absolute atomic E-state index is 12.8. The second-order valence-electron chi connectivity index (χ2n) is 7.55. The van der Waals surface area contributed by atoms with Crippen molar-refractivity contribution in [2.24, 2.45) is 0 Å². The number of amides is 1. The minimum atomic E-state index is -0.197. The standard InChI is InChI=1S/C23H26N2O2/c1-13-7-16(4)22(17(5)8-13)24-20(26)12-25-21(27)11-15(3)19-10-14(2)9-18(6)23(19)25/h7-11H,12H2,1-6H3,(H,24,26). The third kappa shape index (κ3) is 3.65. The zero-order chi connectivity index (χ0) is 19.9. The van der Waals surface area contributed by atoms with E-state index >= 15 is 0 Å². The van der Waals surface area contributed by atoms with Gasteiger partial charge < -0.3 is 5.32 Å². The number of rotatable bonds is 3. The fourth-order valence-electron chi connectivity index (χ4n) is 3.93. The summed E-state index contributed by atoms with van der Waals surface area (Å²) in [5, 5.41) is 4.01. The van der Waals surface area contributed by atoms with Crippen LogP contribution in [-0.2, 0) is 11.3 Å². The average molecular weight is 362 g/mol. The van der Waals surface area contributed by atoms with E-state index in [2.05, 4.69) is 11.4 Å². The van der Waals surface area contributed by atoms with Gasteiger partial charge in [0.05, 0.1) is 5.52 Å². The molecule has 1 aromatic heterocycles. The molecule has 0 fully saturated rings. The van der Waals surface area contributed by atoms with E-state index in [9.17, 15) is 9.59 Å². The molecule has 3 aromatic rings. The van der Waals surface area contributed by atoms with Crippen LogP contribution < -0.4 is 10.9 Å². The number of carbonyl (C=O) groups excluding carboxylic acids is 1. The molecular formula is C23H26N2O2. The smallest absolute Gasteiger partial charge is 0.251 e. The van der Waals surface area contributed by atoms with Gasteiger partial charge in [0, 0.05) is 17.1 Å². The summed E-state index contributed by atoms with van der Waals surface area (Å²) in [5.74, 6) is -0.197. The highest BCUT2D eigenvalue weighted by atomic mass is 16.2. The molecule has 140 valence electrons. The minimum absolute atomic E-state index is 0.00767. The Hall–Kier alpha value is -2.88. The highest BCUT2D eigenvalue weighted by molar-refractivity contribution is 5.94. The van der Waals surface area contributed by atoms with Crippen molar-refractivity contribution in [1.29, 1.82) is 0 Å². The molecule has 0 spiro atoms. The SMILES string of the molecule is Cc1cc(C)c(NC(=O)Cn2c(=O)cc(C)c3cc(C)cc(C)c32)c(C)c1. The molecule has 0 bridgehead atoms. The molecule has 0 radical (unpaired) electrons. The molecule has 0 saturated heterocycles. The predicted octanol–water partition coefficient (Wildman–Crippen LogP) is 4.49. The van der Waals surface area contributed by atoms with E-state index in [-0.39, 0.29) is 18.0 Å². The van der Waals surface area contributed by atoms with Gasteiger partial charge in [-0.15, -0.1) is 0 Å². The zero-order valence-electron chi connectivity index (χ0n) is 16.9. The number of nitrogens with one attached hydrogen (secondary N) is 1. The number of benzene rings is 2. The van der Waals surface area contributed by atoms with Crippen molar-refractivity contribution >= 4 is 22.5 Å². The second kappa shape index (κ2) is 7.03. The summed E-state index contributed by atoms with van der Waals surface area (Å²) in [6.45, 7) is 12.0. The predicted molar refractivity (Wildman–Crippen MR) is 112 cm³/mol. The quantitative estimate of drug-likeness (QED) is 0.746.